The molecule has 0 saturated carbocycles. The lowest BCUT2D eigenvalue weighted by Gasteiger charge is -2.14. The summed E-state index contributed by atoms with van der Waals surface area (Å²) in [5.41, 5.74) is 0. The van der Waals surface area contributed by atoms with Gasteiger partial charge >= 0.3 is 0 Å². The van der Waals surface area contributed by atoms with E-state index in [4.69, 9.17) is 44.3 Å². The third-order valence-corrected chi connectivity index (χ3v) is 4.90. The molecule has 0 spiro atoms. The summed E-state index contributed by atoms with van der Waals surface area (Å²) in [7, 11) is 3.15. The van der Waals surface area contributed by atoms with Crippen LogP contribution in [0.2, 0.25) is 15.7 Å². The van der Waals surface area contributed by atoms with Gasteiger partial charge in [-0.25, -0.2) is 15.0 Å². The molecule has 0 aliphatic rings. The van der Waals surface area contributed by atoms with Gasteiger partial charge in [-0.15, -0.1) is 0 Å². The predicted octanol–water partition coefficient (Wildman–Crippen LogP) is 4.15. The number of anilines is 1. The molecule has 0 bridgehead atoms. The van der Waals surface area contributed by atoms with Crippen molar-refractivity contribution < 1.29 is 9.47 Å². The fourth-order valence-corrected chi connectivity index (χ4v) is 2.39. The van der Waals surface area contributed by atoms with E-state index in [0.29, 0.717) is 17.5 Å². The number of ether oxygens (including phenoxy) is 2. The van der Waals surface area contributed by atoms with Gasteiger partial charge in [0.15, 0.2) is 6.29 Å². The Morgan fingerprint density at radius 2 is 1.54 bits per heavy atom. The first kappa shape index (κ1) is 22.3. The molecule has 2 aromatic heterocycles. The van der Waals surface area contributed by atoms with Gasteiger partial charge in [0.1, 0.15) is 11.0 Å². The average Bonchev–Trinajstić information content (AvgIpc) is 2.56. The standard InChI is InChI=1S/C8H11ClIN3O2.C4HCl2IN2/c1-14-6(15-2)4-11-7-5(10)3-12-8(9)13-7;5-3-2(7)1-8-4(6)9-3/h3,6H,4H2,1-2H3,(H,11,12,13);1H. The molecule has 0 aliphatic heterocycles. The molecule has 132 valence electrons. The summed E-state index contributed by atoms with van der Waals surface area (Å²) in [5.74, 6) is 0.676. The summed E-state index contributed by atoms with van der Waals surface area (Å²) in [6.07, 6.45) is 2.90. The Balaban J connectivity index is 0.000000272. The van der Waals surface area contributed by atoms with Crippen LogP contribution in [-0.2, 0) is 9.47 Å². The number of aromatic nitrogens is 4. The predicted molar refractivity (Wildman–Crippen MR) is 111 cm³/mol. The second-order valence-electron chi connectivity index (χ2n) is 3.90. The van der Waals surface area contributed by atoms with Crippen LogP contribution < -0.4 is 5.32 Å². The molecule has 12 heteroatoms. The normalized spacial score (nSPS) is 10.3. The van der Waals surface area contributed by atoms with Gasteiger partial charge in [-0.1, -0.05) is 11.6 Å². The van der Waals surface area contributed by atoms with Crippen LogP contribution in [0.5, 0.6) is 0 Å². The Labute approximate surface area is 181 Å². The van der Waals surface area contributed by atoms with E-state index >= 15 is 0 Å². The third-order valence-electron chi connectivity index (χ3n) is 2.35. The van der Waals surface area contributed by atoms with Crippen molar-refractivity contribution in [2.24, 2.45) is 0 Å². The highest BCUT2D eigenvalue weighted by Crippen LogP contribution is 2.16. The minimum absolute atomic E-state index is 0.181. The molecule has 2 aromatic rings. The molecule has 0 amide bonds. The highest BCUT2D eigenvalue weighted by atomic mass is 127. The van der Waals surface area contributed by atoms with Crippen LogP contribution in [0.25, 0.3) is 0 Å². The monoisotopic (exact) mass is 617 g/mol. The van der Waals surface area contributed by atoms with Crippen molar-refractivity contribution in [3.8, 4) is 0 Å². The Bertz CT molecular complexity index is 665. The lowest BCUT2D eigenvalue weighted by atomic mass is 10.5. The maximum atomic E-state index is 5.67. The van der Waals surface area contributed by atoms with E-state index in [1.165, 1.54) is 0 Å². The van der Waals surface area contributed by atoms with Gasteiger partial charge in [0, 0.05) is 26.6 Å². The molecule has 2 rings (SSSR count). The van der Waals surface area contributed by atoms with Gasteiger partial charge in [0.05, 0.1) is 13.7 Å². The number of hydrogen-bond acceptors (Lipinski definition) is 7. The van der Waals surface area contributed by atoms with Crippen LogP contribution in [0.4, 0.5) is 5.82 Å². The summed E-state index contributed by atoms with van der Waals surface area (Å²) >= 11 is 20.8. The smallest absolute Gasteiger partial charge is 0.224 e. The molecule has 0 unspecified atom stereocenters. The van der Waals surface area contributed by atoms with Crippen LogP contribution in [0.3, 0.4) is 0 Å². The quantitative estimate of drug-likeness (QED) is 0.234. The molecule has 2 heterocycles. The molecular weight excluding hydrogens is 606 g/mol. The van der Waals surface area contributed by atoms with E-state index in [1.807, 2.05) is 22.6 Å². The van der Waals surface area contributed by atoms with Gasteiger partial charge in [-0.3, -0.25) is 0 Å². The number of nitrogens with zero attached hydrogens (tertiary/aromatic N) is 4. The van der Waals surface area contributed by atoms with Gasteiger partial charge in [-0.2, -0.15) is 4.98 Å². The molecular formula is C12H12Cl3I2N5O2. The first-order chi connectivity index (χ1) is 11.4. The number of rotatable bonds is 5. The van der Waals surface area contributed by atoms with Crippen LogP contribution in [-0.4, -0.2) is 47.0 Å². The van der Waals surface area contributed by atoms with E-state index in [9.17, 15) is 0 Å². The third kappa shape index (κ3) is 8.06. The SMILES string of the molecule is COC(CNc1nc(Cl)ncc1I)OC.Clc1ncc(I)c(Cl)n1. The zero-order chi connectivity index (χ0) is 18.1. The van der Waals surface area contributed by atoms with Gasteiger partial charge in [-0.05, 0) is 68.4 Å². The van der Waals surface area contributed by atoms with Gasteiger partial charge in [0.2, 0.25) is 10.6 Å². The van der Waals surface area contributed by atoms with Crippen molar-refractivity contribution in [3.63, 3.8) is 0 Å². The average molecular weight is 618 g/mol. The zero-order valence-electron chi connectivity index (χ0n) is 12.4. The van der Waals surface area contributed by atoms with Crippen LogP contribution in [0.15, 0.2) is 12.4 Å². The van der Waals surface area contributed by atoms with E-state index in [-0.39, 0.29) is 16.9 Å². The summed E-state index contributed by atoms with van der Waals surface area (Å²) in [6, 6.07) is 0. The molecule has 0 fully saturated rings. The second kappa shape index (κ2) is 11.8. The van der Waals surface area contributed by atoms with E-state index < -0.39 is 0 Å². The molecule has 0 radical (unpaired) electrons. The van der Waals surface area contributed by atoms with Crippen LogP contribution in [0.1, 0.15) is 0 Å². The summed E-state index contributed by atoms with van der Waals surface area (Å²) in [4.78, 5) is 15.3. The van der Waals surface area contributed by atoms with Gasteiger partial charge < -0.3 is 14.8 Å². The van der Waals surface area contributed by atoms with Crippen molar-refractivity contribution in [3.05, 3.63) is 35.3 Å². The maximum Gasteiger partial charge on any atom is 0.224 e. The summed E-state index contributed by atoms with van der Waals surface area (Å²) in [6.45, 7) is 0.496. The fourth-order valence-electron chi connectivity index (χ4n) is 1.24. The Hall–Kier alpha value is 0.210. The van der Waals surface area contributed by atoms with Crippen LogP contribution >= 0.6 is 80.0 Å². The maximum absolute atomic E-state index is 5.67. The summed E-state index contributed by atoms with van der Waals surface area (Å²) in [5, 5.41) is 3.85. The molecule has 24 heavy (non-hydrogen) atoms. The molecule has 0 atom stereocenters. The Morgan fingerprint density at radius 1 is 1.00 bits per heavy atom. The Kier molecular flexibility index (Phi) is 10.9. The summed E-state index contributed by atoms with van der Waals surface area (Å²) < 4.78 is 11.8. The first-order valence-corrected chi connectivity index (χ1v) is 9.47. The number of nitrogens with one attached hydrogen (secondary N) is 1. The topological polar surface area (TPSA) is 82.0 Å². The molecule has 0 aromatic carbocycles. The number of methoxy groups -OCH3 is 2. The fraction of sp³-hybridized carbons (Fsp3) is 0.333. The van der Waals surface area contributed by atoms with E-state index in [0.717, 1.165) is 7.14 Å². The van der Waals surface area contributed by atoms with E-state index in [2.05, 4.69) is 47.8 Å². The van der Waals surface area contributed by atoms with Gasteiger partial charge in [0.25, 0.3) is 0 Å². The highest BCUT2D eigenvalue weighted by molar-refractivity contribution is 14.1. The Morgan fingerprint density at radius 3 is 2.04 bits per heavy atom. The van der Waals surface area contributed by atoms with Crippen molar-refractivity contribution in [1.82, 2.24) is 19.9 Å². The zero-order valence-corrected chi connectivity index (χ0v) is 19.0. The van der Waals surface area contributed by atoms with Crippen molar-refractivity contribution in [1.29, 1.82) is 0 Å². The lowest BCUT2D eigenvalue weighted by molar-refractivity contribution is -0.0914. The highest BCUT2D eigenvalue weighted by Gasteiger charge is 2.08. The lowest BCUT2D eigenvalue weighted by Crippen LogP contribution is -2.24. The number of halogens is 5. The minimum Gasteiger partial charge on any atom is -0.364 e. The van der Waals surface area contributed by atoms with Crippen molar-refractivity contribution in [2.45, 2.75) is 6.29 Å². The first-order valence-electron chi connectivity index (χ1n) is 6.18. The molecule has 0 aliphatic carbocycles. The van der Waals surface area contributed by atoms with Crippen LogP contribution in [0, 0.1) is 7.14 Å². The van der Waals surface area contributed by atoms with E-state index in [1.54, 1.807) is 26.6 Å². The number of hydrogen-bond donors (Lipinski definition) is 1. The largest absolute Gasteiger partial charge is 0.364 e. The van der Waals surface area contributed by atoms with Crippen molar-refractivity contribution in [2.75, 3.05) is 26.1 Å². The second-order valence-corrected chi connectivity index (χ2v) is 7.25. The molecule has 7 nitrogen and oxygen atoms in total. The van der Waals surface area contributed by atoms with Crippen molar-refractivity contribution >= 4 is 85.8 Å². The molecule has 1 N–H and O–H groups in total. The molecule has 0 saturated heterocycles. The minimum atomic E-state index is -0.311.